The van der Waals surface area contributed by atoms with Crippen LogP contribution < -0.4 is 5.56 Å². The first-order valence-electron chi connectivity index (χ1n) is 10.5. The molecular formula is C23H27N5O3. The van der Waals surface area contributed by atoms with Crippen LogP contribution >= 0.6 is 0 Å². The quantitative estimate of drug-likeness (QED) is 0.646. The third-order valence-electron chi connectivity index (χ3n) is 5.32. The van der Waals surface area contributed by atoms with Crippen molar-refractivity contribution < 1.29 is 9.53 Å². The van der Waals surface area contributed by atoms with Crippen molar-refractivity contribution in [3.05, 3.63) is 64.2 Å². The molecule has 1 aromatic carbocycles. The molecule has 0 N–H and O–H groups in total. The zero-order chi connectivity index (χ0) is 22.1. The summed E-state index contributed by atoms with van der Waals surface area (Å²) in [6.07, 6.45) is -0.0861. The number of aromatic nitrogens is 4. The highest BCUT2D eigenvalue weighted by molar-refractivity contribution is 5.76. The molecule has 3 aromatic rings. The standard InChI is InChI=1S/C23H27N5O3/c1-15-10-16(2)28(25-15)23-24-20(19-8-6-5-7-9-19)11-21(29)27(23)14-22(30)26-12-17(3)31-18(4)13-26/h5-11,17-18H,12-14H2,1-4H3/t17-,18-/m0/s1. The largest absolute Gasteiger partial charge is 0.372 e. The Morgan fingerprint density at radius 3 is 2.39 bits per heavy atom. The maximum Gasteiger partial charge on any atom is 0.256 e. The molecule has 3 heterocycles. The highest BCUT2D eigenvalue weighted by Crippen LogP contribution is 2.18. The molecule has 0 bridgehead atoms. The SMILES string of the molecule is Cc1cc(C)n(-c2nc(-c3ccccc3)cc(=O)n2CC(=O)N2C[C@H](C)O[C@@H](C)C2)n1. The Bertz CT molecular complexity index is 1140. The summed E-state index contributed by atoms with van der Waals surface area (Å²) in [5.74, 6) is 0.195. The molecule has 2 aromatic heterocycles. The van der Waals surface area contributed by atoms with Gasteiger partial charge in [0.25, 0.3) is 5.56 Å². The predicted molar refractivity (Wildman–Crippen MR) is 117 cm³/mol. The zero-order valence-corrected chi connectivity index (χ0v) is 18.3. The average Bonchev–Trinajstić information content (AvgIpc) is 3.07. The minimum atomic E-state index is -0.292. The van der Waals surface area contributed by atoms with Gasteiger partial charge in [-0.3, -0.25) is 14.2 Å². The molecule has 8 heteroatoms. The number of hydrogen-bond acceptors (Lipinski definition) is 5. The summed E-state index contributed by atoms with van der Waals surface area (Å²) in [4.78, 5) is 32.7. The van der Waals surface area contributed by atoms with Gasteiger partial charge < -0.3 is 9.64 Å². The van der Waals surface area contributed by atoms with E-state index in [9.17, 15) is 9.59 Å². The van der Waals surface area contributed by atoms with Crippen molar-refractivity contribution >= 4 is 5.91 Å². The van der Waals surface area contributed by atoms with E-state index in [-0.39, 0.29) is 30.2 Å². The number of carbonyl (C=O) groups is 1. The van der Waals surface area contributed by atoms with E-state index >= 15 is 0 Å². The van der Waals surface area contributed by atoms with Gasteiger partial charge in [-0.1, -0.05) is 30.3 Å². The maximum atomic E-state index is 13.2. The Morgan fingerprint density at radius 2 is 1.77 bits per heavy atom. The Labute approximate surface area is 181 Å². The van der Waals surface area contributed by atoms with Crippen LogP contribution in [-0.2, 0) is 16.1 Å². The van der Waals surface area contributed by atoms with Gasteiger partial charge in [-0.2, -0.15) is 5.10 Å². The number of aryl methyl sites for hydroxylation is 2. The number of nitrogens with zero attached hydrogens (tertiary/aromatic N) is 5. The topological polar surface area (TPSA) is 82.2 Å². The Kier molecular flexibility index (Phi) is 5.73. The van der Waals surface area contributed by atoms with Crippen molar-refractivity contribution in [2.45, 2.75) is 46.4 Å². The molecule has 1 saturated heterocycles. The lowest BCUT2D eigenvalue weighted by atomic mass is 10.1. The average molecular weight is 422 g/mol. The van der Waals surface area contributed by atoms with Crippen LogP contribution in [0.25, 0.3) is 17.2 Å². The van der Waals surface area contributed by atoms with E-state index in [1.165, 1.54) is 10.6 Å². The van der Waals surface area contributed by atoms with Gasteiger partial charge in [0.05, 0.1) is 23.6 Å². The zero-order valence-electron chi connectivity index (χ0n) is 18.3. The van der Waals surface area contributed by atoms with Crippen molar-refractivity contribution in [3.63, 3.8) is 0 Å². The first-order chi connectivity index (χ1) is 14.8. The van der Waals surface area contributed by atoms with Gasteiger partial charge in [-0.15, -0.1) is 0 Å². The number of ether oxygens (including phenoxy) is 1. The normalized spacial score (nSPS) is 18.9. The van der Waals surface area contributed by atoms with Crippen molar-refractivity contribution in [1.82, 2.24) is 24.2 Å². The van der Waals surface area contributed by atoms with E-state index in [1.807, 2.05) is 64.1 Å². The highest BCUT2D eigenvalue weighted by atomic mass is 16.5. The van der Waals surface area contributed by atoms with Crippen LogP contribution in [0.15, 0.2) is 47.3 Å². The number of amides is 1. The molecule has 0 saturated carbocycles. The van der Waals surface area contributed by atoms with Crippen LogP contribution in [0.3, 0.4) is 0 Å². The lowest BCUT2D eigenvalue weighted by Crippen LogP contribution is -2.49. The third kappa shape index (κ3) is 4.44. The van der Waals surface area contributed by atoms with Crippen LogP contribution in [0.1, 0.15) is 25.2 Å². The second kappa shape index (κ2) is 8.47. The molecule has 0 radical (unpaired) electrons. The molecule has 8 nitrogen and oxygen atoms in total. The van der Waals surface area contributed by atoms with Crippen molar-refractivity contribution in [2.75, 3.05) is 13.1 Å². The summed E-state index contributed by atoms with van der Waals surface area (Å²) >= 11 is 0. The fourth-order valence-corrected chi connectivity index (χ4v) is 4.01. The summed E-state index contributed by atoms with van der Waals surface area (Å²) in [7, 11) is 0. The first-order valence-corrected chi connectivity index (χ1v) is 10.5. The van der Waals surface area contributed by atoms with Gasteiger partial charge in [0.15, 0.2) is 0 Å². The summed E-state index contributed by atoms with van der Waals surface area (Å²) in [5.41, 5.74) is 2.73. The molecule has 0 unspecified atom stereocenters. The lowest BCUT2D eigenvalue weighted by Gasteiger charge is -2.35. The van der Waals surface area contributed by atoms with Gasteiger partial charge >= 0.3 is 0 Å². The molecule has 0 aliphatic carbocycles. The molecule has 1 aliphatic rings. The number of morpholine rings is 1. The summed E-state index contributed by atoms with van der Waals surface area (Å²) in [5, 5.41) is 4.51. The second-order valence-corrected chi connectivity index (χ2v) is 8.13. The van der Waals surface area contributed by atoms with Crippen LogP contribution in [0.5, 0.6) is 0 Å². The Hall–Kier alpha value is -3.26. The Balaban J connectivity index is 1.77. The molecule has 1 amide bonds. The molecular weight excluding hydrogens is 394 g/mol. The van der Waals surface area contributed by atoms with E-state index in [2.05, 4.69) is 5.10 Å². The first kappa shape index (κ1) is 21.0. The lowest BCUT2D eigenvalue weighted by molar-refractivity contribution is -0.143. The van der Waals surface area contributed by atoms with Crippen LogP contribution in [0.4, 0.5) is 0 Å². The molecule has 1 fully saturated rings. The minimum Gasteiger partial charge on any atom is -0.372 e. The highest BCUT2D eigenvalue weighted by Gasteiger charge is 2.27. The fourth-order valence-electron chi connectivity index (χ4n) is 4.01. The van der Waals surface area contributed by atoms with Gasteiger partial charge in [0.1, 0.15) is 6.54 Å². The van der Waals surface area contributed by atoms with E-state index in [0.29, 0.717) is 24.7 Å². The number of rotatable bonds is 4. The van der Waals surface area contributed by atoms with Gasteiger partial charge in [0.2, 0.25) is 11.9 Å². The third-order valence-corrected chi connectivity index (χ3v) is 5.32. The number of hydrogen-bond donors (Lipinski definition) is 0. The molecule has 162 valence electrons. The van der Waals surface area contributed by atoms with Crippen LogP contribution in [0, 0.1) is 13.8 Å². The fraction of sp³-hybridized carbons (Fsp3) is 0.391. The van der Waals surface area contributed by atoms with E-state index in [4.69, 9.17) is 9.72 Å². The number of benzene rings is 1. The molecule has 1 aliphatic heterocycles. The van der Waals surface area contributed by atoms with Gasteiger partial charge in [-0.25, -0.2) is 9.67 Å². The summed E-state index contributed by atoms with van der Waals surface area (Å²) in [6.45, 7) is 8.58. The molecule has 4 rings (SSSR count). The minimum absolute atomic E-state index is 0.0431. The van der Waals surface area contributed by atoms with Crippen molar-refractivity contribution in [2.24, 2.45) is 0 Å². The summed E-state index contributed by atoms with van der Waals surface area (Å²) in [6, 6.07) is 12.9. The number of carbonyl (C=O) groups excluding carboxylic acids is 1. The molecule has 2 atom stereocenters. The van der Waals surface area contributed by atoms with Crippen LogP contribution in [-0.4, -0.2) is 55.4 Å². The maximum absolute atomic E-state index is 13.2. The molecule has 31 heavy (non-hydrogen) atoms. The molecule has 0 spiro atoms. The van der Waals surface area contributed by atoms with E-state index in [0.717, 1.165) is 17.0 Å². The summed E-state index contributed by atoms with van der Waals surface area (Å²) < 4.78 is 8.76. The van der Waals surface area contributed by atoms with Gasteiger partial charge in [0, 0.05) is 30.4 Å². The van der Waals surface area contributed by atoms with Crippen molar-refractivity contribution in [1.29, 1.82) is 0 Å². The smallest absolute Gasteiger partial charge is 0.256 e. The van der Waals surface area contributed by atoms with Gasteiger partial charge in [-0.05, 0) is 33.8 Å². The van der Waals surface area contributed by atoms with Crippen LogP contribution in [0.2, 0.25) is 0 Å². The Morgan fingerprint density at radius 1 is 1.10 bits per heavy atom. The monoisotopic (exact) mass is 421 g/mol. The van der Waals surface area contributed by atoms with Crippen molar-refractivity contribution in [3.8, 4) is 17.2 Å². The second-order valence-electron chi connectivity index (χ2n) is 8.13. The van der Waals surface area contributed by atoms with E-state index in [1.54, 1.807) is 9.58 Å². The predicted octanol–water partition coefficient (Wildman–Crippen LogP) is 2.35. The van der Waals surface area contributed by atoms with E-state index < -0.39 is 0 Å².